The van der Waals surface area contributed by atoms with E-state index < -0.39 is 77.7 Å². The van der Waals surface area contributed by atoms with E-state index in [-0.39, 0.29) is 14.7 Å². The van der Waals surface area contributed by atoms with Crippen molar-refractivity contribution in [2.75, 3.05) is 0 Å². The second-order valence-electron chi connectivity index (χ2n) is 7.34. The number of aliphatic hydroxyl groups is 2. The molecule has 0 fully saturated rings. The van der Waals surface area contributed by atoms with Crippen molar-refractivity contribution in [1.82, 2.24) is 9.13 Å². The van der Waals surface area contributed by atoms with E-state index >= 15 is 0 Å². The molecule has 0 radical (unpaired) electrons. The van der Waals surface area contributed by atoms with Crippen LogP contribution in [-0.2, 0) is 27.2 Å². The zero-order chi connectivity index (χ0) is 28.8. The van der Waals surface area contributed by atoms with E-state index in [9.17, 15) is 62.9 Å². The Labute approximate surface area is 213 Å². The molecule has 1 aromatic carbocycles. The molecule has 0 bridgehead atoms. The van der Waals surface area contributed by atoms with Crippen molar-refractivity contribution < 1.29 is 77.0 Å². The maximum absolute atomic E-state index is 13.3. The van der Waals surface area contributed by atoms with Crippen molar-refractivity contribution in [3.63, 3.8) is 0 Å². The third kappa shape index (κ3) is 6.06. The first-order valence-corrected chi connectivity index (χ1v) is 11.1. The second-order valence-corrected chi connectivity index (χ2v) is 9.19. The molecular weight excluding hydrogens is 631 g/mol. The average Bonchev–Trinajstić information content (AvgIpc) is 2.93. The topological polar surface area (TPSA) is 50.3 Å². The summed E-state index contributed by atoms with van der Waals surface area (Å²) in [5.41, 5.74) is -10.9. The van der Waals surface area contributed by atoms with Crippen LogP contribution in [0.5, 0.6) is 0 Å². The molecular formula is C18H12Cl2F12FeN2O2. The molecule has 0 saturated heterocycles. The van der Waals surface area contributed by atoms with Gasteiger partial charge in [-0.15, -0.1) is 0 Å². The van der Waals surface area contributed by atoms with Crippen LogP contribution in [-0.4, -0.2) is 60.2 Å². The maximum atomic E-state index is 13.3. The number of aromatic nitrogens is 2. The Morgan fingerprint density at radius 3 is 1.27 bits per heavy atom. The van der Waals surface area contributed by atoms with E-state index in [1.165, 1.54) is 30.3 Å². The summed E-state index contributed by atoms with van der Waals surface area (Å²) >= 11 is 10.4. The Morgan fingerprint density at radius 2 is 0.973 bits per heavy atom. The standard InChI is InChI=1S/C11H6Cl2F12N2O2.C7H6.Fe/c12-4-5(13)27(2-7(29,10(20,21)22)11(23,24)25)3-26(4)1-6(28,8(14,15)16)9(17,18)19;1-7-5-3-2-4-6-7;/h28-29H,1-2H2;1-6H;. The Kier molecular flexibility index (Phi) is 8.76. The summed E-state index contributed by atoms with van der Waals surface area (Å²) in [6, 6.07) is 7.00. The number of imidazole rings is 1. The van der Waals surface area contributed by atoms with Gasteiger partial charge in [0.1, 0.15) is 0 Å². The zero-order valence-corrected chi connectivity index (χ0v) is 19.9. The molecule has 0 amide bonds. The van der Waals surface area contributed by atoms with Crippen LogP contribution in [0.1, 0.15) is 5.56 Å². The third-order valence-electron chi connectivity index (χ3n) is 4.79. The van der Waals surface area contributed by atoms with E-state index in [4.69, 9.17) is 23.2 Å². The Balaban J connectivity index is 2.98. The first-order chi connectivity index (χ1) is 16.5. The molecule has 0 spiro atoms. The molecule has 4 nitrogen and oxygen atoms in total. The first kappa shape index (κ1) is 31.7. The van der Waals surface area contributed by atoms with Gasteiger partial charge in [-0.25, -0.2) is 0 Å². The molecule has 0 aliphatic heterocycles. The summed E-state index contributed by atoms with van der Waals surface area (Å²) < 4.78 is 158. The van der Waals surface area contributed by atoms with E-state index in [1.807, 2.05) is 0 Å². The van der Waals surface area contributed by atoms with Gasteiger partial charge in [0, 0.05) is 0 Å². The van der Waals surface area contributed by atoms with Crippen molar-refractivity contribution >= 4 is 28.1 Å². The fourth-order valence-electron chi connectivity index (χ4n) is 2.66. The quantitative estimate of drug-likeness (QED) is 0.322. The molecule has 2 N–H and O–H groups in total. The van der Waals surface area contributed by atoms with Gasteiger partial charge in [-0.2, -0.15) is 0 Å². The van der Waals surface area contributed by atoms with Crippen LogP contribution in [0.2, 0.25) is 10.3 Å². The molecule has 19 heteroatoms. The minimum atomic E-state index is -6.42. The SMILES string of the molecule is OC(Cn1c(Cl)c(Cl)n(CC(O)(C(F)(F)F)C(F)(F)F)[c]1=[Fe]=[CH]c1ccccc1)(C(F)(F)F)C(F)(F)F. The van der Waals surface area contributed by atoms with Gasteiger partial charge in [0.2, 0.25) is 0 Å². The summed E-state index contributed by atoms with van der Waals surface area (Å²) in [4.78, 5) is 1.01. The monoisotopic (exact) mass is 642 g/mol. The number of hydrogen-bond donors (Lipinski definition) is 2. The van der Waals surface area contributed by atoms with E-state index in [0.717, 1.165) is 4.92 Å². The van der Waals surface area contributed by atoms with Gasteiger partial charge in [0.15, 0.2) is 0 Å². The predicted octanol–water partition coefficient (Wildman–Crippen LogP) is 5.77. The number of alkyl halides is 12. The van der Waals surface area contributed by atoms with Crippen LogP contribution < -0.4 is 0 Å². The Bertz CT molecular complexity index is 1130. The molecule has 212 valence electrons. The third-order valence-corrected chi connectivity index (χ3v) is 7.06. The van der Waals surface area contributed by atoms with Crippen molar-refractivity contribution in [1.29, 1.82) is 0 Å². The molecule has 1 heterocycles. The molecule has 0 saturated carbocycles. The van der Waals surface area contributed by atoms with Crippen molar-refractivity contribution in [2.45, 2.75) is 49.0 Å². The molecule has 37 heavy (non-hydrogen) atoms. The molecule has 2 aromatic rings. The summed E-state index contributed by atoms with van der Waals surface area (Å²) in [7, 11) is 0. The van der Waals surface area contributed by atoms with Crippen molar-refractivity contribution in [2.24, 2.45) is 0 Å². The van der Waals surface area contributed by atoms with E-state index in [0.29, 0.717) is 0 Å². The molecule has 2 rings (SSSR count). The second kappa shape index (κ2) is 10.2. The van der Waals surface area contributed by atoms with Crippen LogP contribution in [0, 0.1) is 4.32 Å². The summed E-state index contributed by atoms with van der Waals surface area (Å²) in [5, 5.41) is 16.4. The predicted molar refractivity (Wildman–Crippen MR) is 101 cm³/mol. The number of nitrogens with zero attached hydrogens (tertiary/aromatic N) is 2. The molecule has 0 unspecified atom stereocenters. The number of halogens is 14. The Morgan fingerprint density at radius 1 is 0.649 bits per heavy atom. The van der Waals surface area contributed by atoms with Gasteiger partial charge in [-0.3, -0.25) is 0 Å². The fraction of sp³-hybridized carbons (Fsp3) is 0.444. The van der Waals surface area contributed by atoms with Gasteiger partial charge in [-0.1, -0.05) is 0 Å². The van der Waals surface area contributed by atoms with Crippen LogP contribution in [0.3, 0.4) is 0 Å². The molecule has 0 aliphatic rings. The fourth-order valence-corrected chi connectivity index (χ4v) is 4.58. The van der Waals surface area contributed by atoms with Gasteiger partial charge < -0.3 is 0 Å². The molecule has 1 aromatic heterocycles. The van der Waals surface area contributed by atoms with Crippen LogP contribution in [0.15, 0.2) is 30.3 Å². The normalized spacial score (nSPS) is 14.3. The van der Waals surface area contributed by atoms with E-state index in [2.05, 4.69) is 0 Å². The number of rotatable bonds is 5. The van der Waals surface area contributed by atoms with Gasteiger partial charge in [0.05, 0.1) is 0 Å². The van der Waals surface area contributed by atoms with Crippen LogP contribution in [0.4, 0.5) is 52.7 Å². The molecule has 0 aliphatic carbocycles. The number of hydrogen-bond acceptors (Lipinski definition) is 2. The van der Waals surface area contributed by atoms with Gasteiger partial charge in [-0.05, 0) is 0 Å². The average molecular weight is 643 g/mol. The summed E-state index contributed by atoms with van der Waals surface area (Å²) in [5.74, 6) is 0. The Hall–Kier alpha value is -1.52. The van der Waals surface area contributed by atoms with Crippen molar-refractivity contribution in [3.05, 3.63) is 50.5 Å². The summed E-state index contributed by atoms with van der Waals surface area (Å²) in [6.45, 7) is -5.08. The van der Waals surface area contributed by atoms with Gasteiger partial charge in [0.25, 0.3) is 0 Å². The summed E-state index contributed by atoms with van der Waals surface area (Å²) in [6.07, 6.45) is -25.7. The van der Waals surface area contributed by atoms with Crippen LogP contribution >= 0.6 is 23.2 Å². The first-order valence-electron chi connectivity index (χ1n) is 9.16. The van der Waals surface area contributed by atoms with Crippen LogP contribution in [0.25, 0.3) is 0 Å². The minimum absolute atomic E-state index is 0.192. The van der Waals surface area contributed by atoms with E-state index in [1.54, 1.807) is 0 Å². The number of benzene rings is 1. The molecule has 0 atom stereocenters. The van der Waals surface area contributed by atoms with Crippen molar-refractivity contribution in [3.8, 4) is 0 Å². The zero-order valence-electron chi connectivity index (χ0n) is 17.3. The van der Waals surface area contributed by atoms with Gasteiger partial charge >= 0.3 is 214 Å².